The number of sulfonamides is 1. The summed E-state index contributed by atoms with van der Waals surface area (Å²) < 4.78 is 52.5. The molecule has 26 heavy (non-hydrogen) atoms. The van der Waals surface area contributed by atoms with E-state index in [1.54, 1.807) is 24.3 Å². The Bertz CT molecular complexity index is 1090. The van der Waals surface area contributed by atoms with E-state index >= 15 is 0 Å². The SMILES string of the molecule is CN(c1ccc2sc(C(=O)Nc3c(F)cccc3F)cc2c1)S(C)(=O)=O. The van der Waals surface area contributed by atoms with E-state index in [0.29, 0.717) is 11.1 Å². The molecule has 1 amide bonds. The van der Waals surface area contributed by atoms with Crippen LogP contribution in [0.3, 0.4) is 0 Å². The first-order chi connectivity index (χ1) is 12.2. The lowest BCUT2D eigenvalue weighted by atomic mass is 10.2. The first-order valence-corrected chi connectivity index (χ1v) is 10.1. The summed E-state index contributed by atoms with van der Waals surface area (Å²) in [6.07, 6.45) is 1.09. The van der Waals surface area contributed by atoms with Gasteiger partial charge in [-0.2, -0.15) is 0 Å². The second-order valence-electron chi connectivity index (χ2n) is 5.61. The van der Waals surface area contributed by atoms with E-state index in [0.717, 1.165) is 38.7 Å². The molecule has 0 saturated heterocycles. The smallest absolute Gasteiger partial charge is 0.265 e. The monoisotopic (exact) mass is 396 g/mol. The Morgan fingerprint density at radius 1 is 1.12 bits per heavy atom. The van der Waals surface area contributed by atoms with E-state index < -0.39 is 33.3 Å². The number of hydrogen-bond acceptors (Lipinski definition) is 4. The number of hydrogen-bond donors (Lipinski definition) is 1. The molecule has 0 radical (unpaired) electrons. The number of nitrogens with zero attached hydrogens (tertiary/aromatic N) is 1. The summed E-state index contributed by atoms with van der Waals surface area (Å²) >= 11 is 1.14. The van der Waals surface area contributed by atoms with Crippen LogP contribution in [0.2, 0.25) is 0 Å². The van der Waals surface area contributed by atoms with Crippen LogP contribution in [0.1, 0.15) is 9.67 Å². The summed E-state index contributed by atoms with van der Waals surface area (Å²) in [5.74, 6) is -2.37. The van der Waals surface area contributed by atoms with Crippen LogP contribution in [0.4, 0.5) is 20.2 Å². The largest absolute Gasteiger partial charge is 0.316 e. The molecule has 0 aliphatic heterocycles. The van der Waals surface area contributed by atoms with Crippen molar-refractivity contribution in [3.05, 3.63) is 59.0 Å². The van der Waals surface area contributed by atoms with Crippen molar-refractivity contribution in [2.45, 2.75) is 0 Å². The Morgan fingerprint density at radius 3 is 2.38 bits per heavy atom. The molecule has 0 saturated carbocycles. The number of para-hydroxylation sites is 1. The molecule has 1 N–H and O–H groups in total. The van der Waals surface area contributed by atoms with Gasteiger partial charge in [0.25, 0.3) is 5.91 Å². The summed E-state index contributed by atoms with van der Waals surface area (Å²) in [4.78, 5) is 12.6. The molecular formula is C17H14F2N2O3S2. The second kappa shape index (κ2) is 6.65. The van der Waals surface area contributed by atoms with Crippen LogP contribution in [0.25, 0.3) is 10.1 Å². The maximum atomic E-state index is 13.7. The predicted octanol–water partition coefficient (Wildman–Crippen LogP) is 3.83. The molecule has 1 aromatic heterocycles. The normalized spacial score (nSPS) is 11.5. The molecule has 0 aliphatic rings. The Labute approximate surface area is 152 Å². The van der Waals surface area contributed by atoms with Crippen molar-refractivity contribution in [2.24, 2.45) is 0 Å². The van der Waals surface area contributed by atoms with Crippen LogP contribution in [0.5, 0.6) is 0 Å². The minimum Gasteiger partial charge on any atom is -0.316 e. The van der Waals surface area contributed by atoms with Gasteiger partial charge in [-0.3, -0.25) is 9.10 Å². The Hall–Kier alpha value is -2.52. The third-order valence-corrected chi connectivity index (χ3v) is 6.11. The predicted molar refractivity (Wildman–Crippen MR) is 99.4 cm³/mol. The molecule has 2 aromatic carbocycles. The minimum absolute atomic E-state index is 0.252. The van der Waals surface area contributed by atoms with E-state index in [4.69, 9.17) is 0 Å². The zero-order valence-electron chi connectivity index (χ0n) is 13.8. The van der Waals surface area contributed by atoms with Crippen LogP contribution >= 0.6 is 11.3 Å². The third-order valence-electron chi connectivity index (χ3n) is 3.79. The Morgan fingerprint density at radius 2 is 1.77 bits per heavy atom. The van der Waals surface area contributed by atoms with Crippen molar-refractivity contribution in [3.63, 3.8) is 0 Å². The first-order valence-electron chi connectivity index (χ1n) is 7.39. The van der Waals surface area contributed by atoms with Crippen LogP contribution < -0.4 is 9.62 Å². The fourth-order valence-electron chi connectivity index (χ4n) is 2.32. The Kier molecular flexibility index (Phi) is 4.68. The maximum Gasteiger partial charge on any atom is 0.265 e. The van der Waals surface area contributed by atoms with Gasteiger partial charge in [-0.05, 0) is 41.8 Å². The van der Waals surface area contributed by atoms with Crippen molar-refractivity contribution < 1.29 is 22.0 Å². The highest BCUT2D eigenvalue weighted by Crippen LogP contribution is 2.30. The number of fused-ring (bicyclic) bond motifs is 1. The standard InChI is InChI=1S/C17H14F2N2O3S2/c1-21(26(2,23)24)11-6-7-14-10(8-11)9-15(25-14)17(22)20-16-12(18)4-3-5-13(16)19/h3-9H,1-2H3,(H,20,22). The van der Waals surface area contributed by atoms with E-state index in [1.807, 2.05) is 0 Å². The molecule has 136 valence electrons. The van der Waals surface area contributed by atoms with Gasteiger partial charge in [0.1, 0.15) is 17.3 Å². The van der Waals surface area contributed by atoms with Gasteiger partial charge in [-0.15, -0.1) is 11.3 Å². The van der Waals surface area contributed by atoms with Crippen molar-refractivity contribution in [1.82, 2.24) is 0 Å². The molecule has 0 spiro atoms. The molecule has 0 bridgehead atoms. The summed E-state index contributed by atoms with van der Waals surface area (Å²) in [7, 11) is -1.98. The van der Waals surface area contributed by atoms with Gasteiger partial charge in [-0.1, -0.05) is 6.07 Å². The number of anilines is 2. The third kappa shape index (κ3) is 3.54. The van der Waals surface area contributed by atoms with Crippen LogP contribution in [-0.4, -0.2) is 27.6 Å². The average Bonchev–Trinajstić information content (AvgIpc) is 3.00. The molecule has 0 aliphatic carbocycles. The molecular weight excluding hydrogens is 382 g/mol. The summed E-state index contributed by atoms with van der Waals surface area (Å²) in [5, 5.41) is 2.89. The van der Waals surface area contributed by atoms with E-state index in [9.17, 15) is 22.0 Å². The van der Waals surface area contributed by atoms with E-state index in [-0.39, 0.29) is 4.88 Å². The lowest BCUT2D eigenvalue weighted by molar-refractivity contribution is 0.102. The Balaban J connectivity index is 1.93. The van der Waals surface area contributed by atoms with Gasteiger partial charge in [0.2, 0.25) is 10.0 Å². The second-order valence-corrected chi connectivity index (χ2v) is 8.71. The molecule has 3 rings (SSSR count). The highest BCUT2D eigenvalue weighted by molar-refractivity contribution is 7.92. The van der Waals surface area contributed by atoms with Crippen molar-refractivity contribution >= 4 is 48.7 Å². The van der Waals surface area contributed by atoms with Gasteiger partial charge in [0.05, 0.1) is 16.8 Å². The van der Waals surface area contributed by atoms with Gasteiger partial charge in [-0.25, -0.2) is 17.2 Å². The lowest BCUT2D eigenvalue weighted by Gasteiger charge is -2.16. The molecule has 0 atom stereocenters. The molecule has 0 fully saturated rings. The van der Waals surface area contributed by atoms with Crippen LogP contribution in [0, 0.1) is 11.6 Å². The molecule has 0 unspecified atom stereocenters. The van der Waals surface area contributed by atoms with Crippen molar-refractivity contribution in [1.29, 1.82) is 0 Å². The number of rotatable bonds is 4. The van der Waals surface area contributed by atoms with Crippen LogP contribution in [-0.2, 0) is 10.0 Å². The summed E-state index contributed by atoms with van der Waals surface area (Å²) in [6, 6.07) is 9.81. The minimum atomic E-state index is -3.41. The number of amides is 1. The maximum absolute atomic E-state index is 13.7. The number of carbonyl (C=O) groups excluding carboxylic acids is 1. The van der Waals surface area contributed by atoms with Gasteiger partial charge >= 0.3 is 0 Å². The number of halogens is 2. The number of carbonyl (C=O) groups is 1. The zero-order valence-corrected chi connectivity index (χ0v) is 15.4. The van der Waals surface area contributed by atoms with Crippen LogP contribution in [0.15, 0.2) is 42.5 Å². The molecule has 3 aromatic rings. The van der Waals surface area contributed by atoms with Gasteiger partial charge in [0, 0.05) is 11.7 Å². The number of benzene rings is 2. The highest BCUT2D eigenvalue weighted by atomic mass is 32.2. The lowest BCUT2D eigenvalue weighted by Crippen LogP contribution is -2.24. The zero-order chi connectivity index (χ0) is 19.1. The fraction of sp³-hybridized carbons (Fsp3) is 0.118. The summed E-state index contributed by atoms with van der Waals surface area (Å²) in [5.41, 5.74) is -0.0580. The topological polar surface area (TPSA) is 66.5 Å². The molecule has 5 nitrogen and oxygen atoms in total. The summed E-state index contributed by atoms with van der Waals surface area (Å²) in [6.45, 7) is 0. The van der Waals surface area contributed by atoms with Gasteiger partial charge < -0.3 is 5.32 Å². The number of thiophene rings is 1. The molecule has 1 heterocycles. The average molecular weight is 396 g/mol. The quantitative estimate of drug-likeness (QED) is 0.729. The highest BCUT2D eigenvalue weighted by Gasteiger charge is 2.17. The van der Waals surface area contributed by atoms with E-state index in [1.165, 1.54) is 13.1 Å². The van der Waals surface area contributed by atoms with Crippen molar-refractivity contribution in [2.75, 3.05) is 22.9 Å². The fourth-order valence-corrected chi connectivity index (χ4v) is 3.76. The van der Waals surface area contributed by atoms with Gasteiger partial charge in [0.15, 0.2) is 0 Å². The van der Waals surface area contributed by atoms with E-state index in [2.05, 4.69) is 5.32 Å². The first kappa shape index (κ1) is 18.3. The number of nitrogens with one attached hydrogen (secondary N) is 1. The molecule has 9 heteroatoms. The van der Waals surface area contributed by atoms with Crippen molar-refractivity contribution in [3.8, 4) is 0 Å².